The predicted molar refractivity (Wildman–Crippen MR) is 150 cm³/mol. The van der Waals surface area contributed by atoms with Gasteiger partial charge < -0.3 is 25.1 Å². The lowest BCUT2D eigenvalue weighted by atomic mass is 9.78. The lowest BCUT2D eigenvalue weighted by Gasteiger charge is -2.27. The third kappa shape index (κ3) is 6.27. The smallest absolute Gasteiger partial charge is 0.407 e. The maximum atomic E-state index is 12.7. The number of carbonyl (C=O) groups excluding carboxylic acids is 4. The number of aldehydes is 1. The van der Waals surface area contributed by atoms with Crippen molar-refractivity contribution in [2.45, 2.75) is 64.1 Å². The van der Waals surface area contributed by atoms with Crippen molar-refractivity contribution in [2.75, 3.05) is 14.2 Å². The van der Waals surface area contributed by atoms with Crippen LogP contribution in [0.1, 0.15) is 70.6 Å². The molecule has 0 saturated heterocycles. The first-order chi connectivity index (χ1) is 18.9. The monoisotopic (exact) mass is 550 g/mol. The van der Waals surface area contributed by atoms with Crippen LogP contribution < -0.4 is 10.6 Å². The average molecular weight is 551 g/mol. The molecular formula is C29H34N4O5S. The number of carbonyl (C=O) groups is 4. The summed E-state index contributed by atoms with van der Waals surface area (Å²) < 4.78 is 5.86. The first-order valence-corrected chi connectivity index (χ1v) is 14.0. The van der Waals surface area contributed by atoms with Gasteiger partial charge in [0.15, 0.2) is 0 Å². The van der Waals surface area contributed by atoms with Gasteiger partial charge in [0.2, 0.25) is 5.91 Å². The molecule has 1 aromatic heterocycles. The topological polar surface area (TPSA) is 118 Å². The van der Waals surface area contributed by atoms with Gasteiger partial charge in [0.25, 0.3) is 5.91 Å². The van der Waals surface area contributed by atoms with E-state index in [2.05, 4.69) is 39.4 Å². The molecule has 1 aliphatic carbocycles. The highest BCUT2D eigenvalue weighted by Crippen LogP contribution is 2.41. The Balaban J connectivity index is 0.000000210. The van der Waals surface area contributed by atoms with Crippen LogP contribution in [0.15, 0.2) is 35.8 Å². The number of methoxy groups -OCH3 is 1. The van der Waals surface area contributed by atoms with Gasteiger partial charge >= 0.3 is 6.09 Å². The summed E-state index contributed by atoms with van der Waals surface area (Å²) >= 11 is 1.75. The SMILES string of the molecule is CNC(=O)C(CCC=O)N1Cc2ccc(CNC(=O)OC)cc2C1=O.Cc1ccc2scnc2c1C1CCC1. The molecule has 0 bridgehead atoms. The summed E-state index contributed by atoms with van der Waals surface area (Å²) in [6, 6.07) is 9.08. The summed E-state index contributed by atoms with van der Waals surface area (Å²) in [5.41, 5.74) is 8.24. The van der Waals surface area contributed by atoms with Crippen LogP contribution in [0.2, 0.25) is 0 Å². The lowest BCUT2D eigenvalue weighted by molar-refractivity contribution is -0.125. The Morgan fingerprint density at radius 2 is 2.05 bits per heavy atom. The second kappa shape index (κ2) is 12.8. The molecule has 1 fully saturated rings. The van der Waals surface area contributed by atoms with Gasteiger partial charge in [-0.25, -0.2) is 9.78 Å². The van der Waals surface area contributed by atoms with Crippen molar-refractivity contribution >= 4 is 45.7 Å². The number of likely N-dealkylation sites (N-methyl/N-ethyl adjacent to an activating group) is 1. The second-order valence-corrected chi connectivity index (χ2v) is 10.7. The number of benzene rings is 2. The highest BCUT2D eigenvalue weighted by molar-refractivity contribution is 7.16. The Hall–Kier alpha value is -3.79. The standard InChI is InChI=1S/C17H21N3O5.C12H13NS/c1-18-15(22)14(4-3-7-21)20-10-12-6-5-11(8-13(12)16(20)23)9-19-17(24)25-2;1-8-5-6-10-12(13-7-14-10)11(8)9-3-2-4-9/h5-8,14H,3-4,9-10H2,1-2H3,(H,18,22)(H,19,24);5-7,9H,2-4H2,1H3. The zero-order chi connectivity index (χ0) is 27.9. The molecule has 2 aromatic carbocycles. The molecule has 1 unspecified atom stereocenters. The van der Waals surface area contributed by atoms with Gasteiger partial charge in [0.1, 0.15) is 12.3 Å². The molecule has 3 aromatic rings. The van der Waals surface area contributed by atoms with Crippen LogP contribution in [-0.2, 0) is 27.4 Å². The van der Waals surface area contributed by atoms with E-state index in [-0.39, 0.29) is 31.2 Å². The Kier molecular flexibility index (Phi) is 9.29. The summed E-state index contributed by atoms with van der Waals surface area (Å²) in [6.45, 7) is 2.76. The molecule has 1 saturated carbocycles. The molecule has 1 atom stereocenters. The number of aromatic nitrogens is 1. The van der Waals surface area contributed by atoms with Crippen molar-refractivity contribution < 1.29 is 23.9 Å². The first-order valence-electron chi connectivity index (χ1n) is 13.1. The highest BCUT2D eigenvalue weighted by atomic mass is 32.1. The number of hydrogen-bond acceptors (Lipinski definition) is 7. The Morgan fingerprint density at radius 1 is 1.26 bits per heavy atom. The molecule has 2 aliphatic rings. The number of rotatable bonds is 8. The number of hydrogen-bond donors (Lipinski definition) is 2. The van der Waals surface area contributed by atoms with E-state index in [1.807, 2.05) is 17.6 Å². The molecule has 0 radical (unpaired) electrons. The zero-order valence-electron chi connectivity index (χ0n) is 22.5. The van der Waals surface area contributed by atoms with Crippen molar-refractivity contribution in [3.05, 3.63) is 63.7 Å². The van der Waals surface area contributed by atoms with Gasteiger partial charge in [-0.3, -0.25) is 9.59 Å². The van der Waals surface area contributed by atoms with Crippen LogP contribution in [-0.4, -0.2) is 54.3 Å². The van der Waals surface area contributed by atoms with E-state index >= 15 is 0 Å². The number of amides is 3. The summed E-state index contributed by atoms with van der Waals surface area (Å²) in [5.74, 6) is 0.241. The van der Waals surface area contributed by atoms with Crippen molar-refractivity contribution in [3.8, 4) is 0 Å². The van der Waals surface area contributed by atoms with Crippen molar-refractivity contribution in [1.82, 2.24) is 20.5 Å². The number of aryl methyl sites for hydroxylation is 1. The summed E-state index contributed by atoms with van der Waals surface area (Å²) in [5, 5.41) is 5.09. The largest absolute Gasteiger partial charge is 0.453 e. The number of fused-ring (bicyclic) bond motifs is 2. The van der Waals surface area contributed by atoms with Crippen molar-refractivity contribution in [1.29, 1.82) is 0 Å². The predicted octanol–water partition coefficient (Wildman–Crippen LogP) is 4.46. The first kappa shape index (κ1) is 28.2. The zero-order valence-corrected chi connectivity index (χ0v) is 23.3. The van der Waals surface area contributed by atoms with Gasteiger partial charge in [0.05, 0.1) is 22.8 Å². The van der Waals surface area contributed by atoms with Gasteiger partial charge in [-0.2, -0.15) is 0 Å². The Morgan fingerprint density at radius 3 is 2.72 bits per heavy atom. The Labute approximate surface area is 231 Å². The van der Waals surface area contributed by atoms with Crippen LogP contribution in [0.3, 0.4) is 0 Å². The fourth-order valence-corrected chi connectivity index (χ4v) is 5.76. The minimum absolute atomic E-state index is 0.201. The fourth-order valence-electron chi connectivity index (χ4n) is 5.06. The minimum atomic E-state index is -0.688. The molecule has 206 valence electrons. The summed E-state index contributed by atoms with van der Waals surface area (Å²) in [6.07, 6.45) is 4.77. The molecule has 2 N–H and O–H groups in total. The molecular weight excluding hydrogens is 516 g/mol. The van der Waals surface area contributed by atoms with Gasteiger partial charge in [-0.15, -0.1) is 11.3 Å². The molecule has 9 nitrogen and oxygen atoms in total. The van der Waals surface area contributed by atoms with E-state index in [0.717, 1.165) is 23.3 Å². The minimum Gasteiger partial charge on any atom is -0.453 e. The molecule has 3 amide bonds. The van der Waals surface area contributed by atoms with Crippen molar-refractivity contribution in [3.63, 3.8) is 0 Å². The normalized spacial score (nSPS) is 15.1. The number of thiazole rings is 1. The fraction of sp³-hybridized carbons (Fsp3) is 0.414. The lowest BCUT2D eigenvalue weighted by Crippen LogP contribution is -2.46. The second-order valence-electron chi connectivity index (χ2n) is 9.77. The number of ether oxygens (including phenoxy) is 1. The number of alkyl carbamates (subject to hydrolysis) is 1. The van der Waals surface area contributed by atoms with Crippen LogP contribution in [0.4, 0.5) is 4.79 Å². The number of nitrogens with one attached hydrogen (secondary N) is 2. The molecule has 5 rings (SSSR count). The maximum Gasteiger partial charge on any atom is 0.407 e. The van der Waals surface area contributed by atoms with E-state index in [4.69, 9.17) is 0 Å². The van der Waals surface area contributed by atoms with Gasteiger partial charge in [-0.1, -0.05) is 24.6 Å². The third-order valence-corrected chi connectivity index (χ3v) is 8.18. The molecule has 2 heterocycles. The quantitative estimate of drug-likeness (QED) is 0.400. The van der Waals surface area contributed by atoms with E-state index in [9.17, 15) is 19.2 Å². The summed E-state index contributed by atoms with van der Waals surface area (Å²) in [4.78, 5) is 52.6. The molecule has 0 spiro atoms. The van der Waals surface area contributed by atoms with E-state index in [1.54, 1.807) is 17.4 Å². The highest BCUT2D eigenvalue weighted by Gasteiger charge is 2.35. The Bertz CT molecular complexity index is 1370. The van der Waals surface area contributed by atoms with Crippen LogP contribution in [0.5, 0.6) is 0 Å². The molecule has 1 aliphatic heterocycles. The summed E-state index contributed by atoms with van der Waals surface area (Å²) in [7, 11) is 2.78. The third-order valence-electron chi connectivity index (χ3n) is 7.38. The van der Waals surface area contributed by atoms with Gasteiger partial charge in [-0.05, 0) is 66.5 Å². The molecule has 39 heavy (non-hydrogen) atoms. The number of nitrogens with zero attached hydrogens (tertiary/aromatic N) is 2. The maximum absolute atomic E-state index is 12.7. The molecule has 10 heteroatoms. The van der Waals surface area contributed by atoms with Gasteiger partial charge in [0, 0.05) is 32.1 Å². The van der Waals surface area contributed by atoms with E-state index < -0.39 is 12.1 Å². The van der Waals surface area contributed by atoms with Crippen LogP contribution in [0, 0.1) is 6.92 Å². The average Bonchev–Trinajstić information content (AvgIpc) is 3.53. The van der Waals surface area contributed by atoms with E-state index in [1.165, 1.54) is 59.7 Å². The van der Waals surface area contributed by atoms with Crippen molar-refractivity contribution in [2.24, 2.45) is 0 Å². The van der Waals surface area contributed by atoms with Crippen LogP contribution >= 0.6 is 11.3 Å². The van der Waals surface area contributed by atoms with Crippen LogP contribution in [0.25, 0.3) is 10.2 Å². The van der Waals surface area contributed by atoms with E-state index in [0.29, 0.717) is 12.1 Å².